The van der Waals surface area contributed by atoms with Crippen LogP contribution in [0, 0.1) is 7.05 Å². The highest BCUT2D eigenvalue weighted by Gasteiger charge is 2.11. The number of carbonyl (C=O) groups is 1. The molecule has 0 saturated heterocycles. The number of rotatable bonds is 2. The van der Waals surface area contributed by atoms with Gasteiger partial charge >= 0.3 is 6.03 Å². The Kier molecular flexibility index (Phi) is 10.4. The Balaban J connectivity index is 0.000000921. The summed E-state index contributed by atoms with van der Waals surface area (Å²) in [7, 11) is 3.79. The van der Waals surface area contributed by atoms with Gasteiger partial charge in [0.15, 0.2) is 0 Å². The number of hydrogen-bond donors (Lipinski definition) is 2. The van der Waals surface area contributed by atoms with Crippen LogP contribution in [0.4, 0.5) is 16.2 Å². The van der Waals surface area contributed by atoms with Crippen molar-refractivity contribution in [3.8, 4) is 0 Å². The summed E-state index contributed by atoms with van der Waals surface area (Å²) in [5, 5.41) is 2.74. The average molecular weight is 287 g/mol. The molecule has 0 aliphatic rings. The van der Waals surface area contributed by atoms with Gasteiger partial charge in [-0.2, -0.15) is 0 Å². The zero-order chi connectivity index (χ0) is 16.1. The molecule has 1 atom stereocenters. The zero-order valence-corrected chi connectivity index (χ0v) is 13.3. The highest BCUT2D eigenvalue weighted by Crippen LogP contribution is 2.02. The molecule has 1 heterocycles. The maximum absolute atomic E-state index is 11.9. The molecular weight excluding hydrogens is 262 g/mol. The van der Waals surface area contributed by atoms with Crippen molar-refractivity contribution in [3.05, 3.63) is 61.9 Å². The number of hydrogen-bond acceptors (Lipinski definition) is 2. The van der Waals surface area contributed by atoms with Gasteiger partial charge in [0, 0.05) is 6.20 Å². The molecule has 0 aliphatic heterocycles. The van der Waals surface area contributed by atoms with Crippen molar-refractivity contribution < 1.29 is 9.69 Å². The summed E-state index contributed by atoms with van der Waals surface area (Å²) < 4.78 is 0. The van der Waals surface area contributed by atoms with Gasteiger partial charge in [0.2, 0.25) is 0 Å². The molecule has 0 bridgehead atoms. The number of nitrogens with one attached hydrogen (secondary N) is 2. The molecule has 4 nitrogen and oxygen atoms in total. The molecule has 1 aromatic carbocycles. The van der Waals surface area contributed by atoms with E-state index in [0.717, 1.165) is 5.69 Å². The topological polar surface area (TPSA) is 46.4 Å². The van der Waals surface area contributed by atoms with Crippen molar-refractivity contribution in [2.45, 2.75) is 27.7 Å². The second-order valence-electron chi connectivity index (χ2n) is 3.54. The molecule has 0 saturated carbocycles. The van der Waals surface area contributed by atoms with E-state index in [2.05, 4.69) is 17.3 Å². The molecule has 4 heteroatoms. The first-order chi connectivity index (χ1) is 10.3. The van der Waals surface area contributed by atoms with E-state index in [-0.39, 0.29) is 6.03 Å². The van der Waals surface area contributed by atoms with E-state index in [4.69, 9.17) is 0 Å². The van der Waals surface area contributed by atoms with Crippen molar-refractivity contribution in [1.29, 1.82) is 0 Å². The van der Waals surface area contributed by atoms with Crippen LogP contribution in [0.3, 0.4) is 0 Å². The molecule has 2 rings (SSSR count). The van der Waals surface area contributed by atoms with Crippen LogP contribution >= 0.6 is 0 Å². The van der Waals surface area contributed by atoms with Gasteiger partial charge < -0.3 is 4.90 Å². The quantitative estimate of drug-likeness (QED) is 0.828. The predicted molar refractivity (Wildman–Crippen MR) is 88.4 cm³/mol. The van der Waals surface area contributed by atoms with Gasteiger partial charge in [0.05, 0.1) is 11.9 Å². The molecule has 1 aromatic heterocycles. The summed E-state index contributed by atoms with van der Waals surface area (Å²) in [5.41, 5.74) is 1.48. The minimum absolute atomic E-state index is 0.218. The molecule has 2 amide bonds. The Hall–Kier alpha value is -2.20. The van der Waals surface area contributed by atoms with Crippen LogP contribution in [-0.4, -0.2) is 11.0 Å². The lowest BCUT2D eigenvalue weighted by molar-refractivity contribution is -0.684. The van der Waals surface area contributed by atoms with E-state index >= 15 is 0 Å². The lowest BCUT2D eigenvalue weighted by Gasteiger charge is -2.17. The fourth-order valence-corrected chi connectivity index (χ4v) is 1.41. The summed E-state index contributed by atoms with van der Waals surface area (Å²) >= 11 is 0. The number of urea groups is 1. The van der Waals surface area contributed by atoms with Gasteiger partial charge in [-0.15, -0.1) is 7.05 Å². The summed E-state index contributed by atoms with van der Waals surface area (Å²) in [6.45, 7) is 8.00. The monoisotopic (exact) mass is 287 g/mol. The third-order valence-corrected chi connectivity index (χ3v) is 2.32. The Labute approximate surface area is 127 Å². The van der Waals surface area contributed by atoms with Crippen LogP contribution in [0.1, 0.15) is 27.7 Å². The second-order valence-corrected chi connectivity index (χ2v) is 3.54. The van der Waals surface area contributed by atoms with Gasteiger partial charge in [0.25, 0.3) is 0 Å². The van der Waals surface area contributed by atoms with Gasteiger partial charge in [0.1, 0.15) is 5.69 Å². The lowest BCUT2D eigenvalue weighted by Crippen LogP contribution is -3.05. The van der Waals surface area contributed by atoms with Crippen LogP contribution in [0.15, 0.2) is 54.9 Å². The first-order valence-corrected chi connectivity index (χ1v) is 7.23. The molecule has 2 N–H and O–H groups in total. The summed E-state index contributed by atoms with van der Waals surface area (Å²) in [4.78, 5) is 16.2. The van der Waals surface area contributed by atoms with E-state index in [0.29, 0.717) is 10.6 Å². The average Bonchev–Trinajstić information content (AvgIpc) is 2.59. The largest absolute Gasteiger partial charge is 0.397 e. The number of quaternary nitrogens is 1. The Morgan fingerprint density at radius 3 is 2.19 bits per heavy atom. The molecule has 1 unspecified atom stereocenters. The number of pyridine rings is 1. The predicted octanol–water partition coefficient (Wildman–Crippen LogP) is 3.67. The SMILES string of the molecule is CC.CC.[CH2-][NH+](C(=O)Nc1cccnc1)c1ccccc1. The van der Waals surface area contributed by atoms with Gasteiger partial charge in [-0.1, -0.05) is 45.9 Å². The summed E-state index contributed by atoms with van der Waals surface area (Å²) in [6.07, 6.45) is 3.25. The third kappa shape index (κ3) is 6.68. The molecule has 2 aromatic rings. The van der Waals surface area contributed by atoms with Crippen LogP contribution in [0.25, 0.3) is 0 Å². The number of carbonyl (C=O) groups excluding carboxylic acids is 1. The number of amides is 2. The summed E-state index contributed by atoms with van der Waals surface area (Å²) in [6, 6.07) is 12.7. The van der Waals surface area contributed by atoms with E-state index in [1.165, 1.54) is 0 Å². The number of anilines is 1. The van der Waals surface area contributed by atoms with E-state index < -0.39 is 0 Å². The number of nitrogens with zero attached hydrogens (tertiary/aromatic N) is 1. The number of benzene rings is 1. The fraction of sp³-hybridized carbons (Fsp3) is 0.235. The Morgan fingerprint density at radius 2 is 1.67 bits per heavy atom. The first-order valence-electron chi connectivity index (χ1n) is 7.23. The minimum atomic E-state index is -0.218. The standard InChI is InChI=1S/C13H13N3O.2C2H6/c1-16(12-7-3-2-4-8-12)13(17)15-11-6-5-9-14-10-11;2*1-2/h2-10,16H,1H2,(H,15,17);2*1-2H3. The van der Waals surface area contributed by atoms with Crippen molar-refractivity contribution in [2.24, 2.45) is 0 Å². The number of aromatic nitrogens is 1. The molecule has 0 spiro atoms. The van der Waals surface area contributed by atoms with E-state index in [9.17, 15) is 4.79 Å². The Morgan fingerprint density at radius 1 is 1.05 bits per heavy atom. The van der Waals surface area contributed by atoms with Crippen LogP contribution in [0.5, 0.6) is 0 Å². The molecule has 21 heavy (non-hydrogen) atoms. The van der Waals surface area contributed by atoms with E-state index in [1.807, 2.05) is 58.0 Å². The zero-order valence-electron chi connectivity index (χ0n) is 13.3. The minimum Gasteiger partial charge on any atom is -0.351 e. The van der Waals surface area contributed by atoms with Crippen molar-refractivity contribution in [1.82, 2.24) is 4.98 Å². The maximum Gasteiger partial charge on any atom is 0.397 e. The van der Waals surface area contributed by atoms with Crippen molar-refractivity contribution >= 4 is 17.4 Å². The third-order valence-electron chi connectivity index (χ3n) is 2.32. The second kappa shape index (κ2) is 11.6. The van der Waals surface area contributed by atoms with E-state index in [1.54, 1.807) is 24.5 Å². The fourth-order valence-electron chi connectivity index (χ4n) is 1.41. The molecular formula is C17H25N3O. The molecule has 114 valence electrons. The summed E-state index contributed by atoms with van der Waals surface area (Å²) in [5.74, 6) is 0. The molecule has 0 radical (unpaired) electrons. The molecule has 0 aliphatic carbocycles. The number of para-hydroxylation sites is 1. The first kappa shape index (κ1) is 18.8. The smallest absolute Gasteiger partial charge is 0.351 e. The highest BCUT2D eigenvalue weighted by molar-refractivity contribution is 5.83. The van der Waals surface area contributed by atoms with Gasteiger partial charge in [-0.3, -0.25) is 10.3 Å². The Bertz CT molecular complexity index is 486. The maximum atomic E-state index is 11.9. The van der Waals surface area contributed by atoms with Crippen LogP contribution in [-0.2, 0) is 0 Å². The highest BCUT2D eigenvalue weighted by atomic mass is 16.2. The van der Waals surface area contributed by atoms with Crippen LogP contribution < -0.4 is 10.2 Å². The van der Waals surface area contributed by atoms with Gasteiger partial charge in [-0.25, -0.2) is 4.79 Å². The lowest BCUT2D eigenvalue weighted by atomic mass is 10.3. The normalized spacial score (nSPS) is 10.1. The molecule has 0 fully saturated rings. The van der Waals surface area contributed by atoms with Crippen molar-refractivity contribution in [2.75, 3.05) is 5.32 Å². The van der Waals surface area contributed by atoms with Crippen LogP contribution in [0.2, 0.25) is 0 Å². The van der Waals surface area contributed by atoms with Gasteiger partial charge in [-0.05, 0) is 24.3 Å². The van der Waals surface area contributed by atoms with Crippen molar-refractivity contribution in [3.63, 3.8) is 0 Å².